The van der Waals surface area contributed by atoms with Gasteiger partial charge in [0.15, 0.2) is 0 Å². The highest BCUT2D eigenvalue weighted by Gasteiger charge is 2.11. The number of hydrazine groups is 1. The average molecular weight is 288 g/mol. The number of nitrogens with two attached hydrogens (primary N) is 1. The van der Waals surface area contributed by atoms with E-state index in [4.69, 9.17) is 15.0 Å². The smallest absolute Gasteiger partial charge is 0.268 e. The molecule has 21 heavy (non-hydrogen) atoms. The molecule has 1 aromatic heterocycles. The predicted molar refractivity (Wildman–Crippen MR) is 80.0 cm³/mol. The Balaban J connectivity index is 2.11. The Morgan fingerprint density at radius 2 is 2.14 bits per heavy atom. The third-order valence-corrected chi connectivity index (χ3v) is 3.21. The minimum Gasteiger partial charge on any atom is -0.485 e. The third kappa shape index (κ3) is 3.64. The lowest BCUT2D eigenvalue weighted by Gasteiger charge is -2.14. The van der Waals surface area contributed by atoms with Crippen LogP contribution in [-0.2, 0) is 6.61 Å². The van der Waals surface area contributed by atoms with Gasteiger partial charge in [0.05, 0.1) is 5.56 Å². The van der Waals surface area contributed by atoms with E-state index in [1.54, 1.807) is 6.07 Å². The summed E-state index contributed by atoms with van der Waals surface area (Å²) in [5.41, 5.74) is 4.72. The zero-order valence-electron chi connectivity index (χ0n) is 12.5. The van der Waals surface area contributed by atoms with E-state index in [1.165, 1.54) is 6.26 Å². The average Bonchev–Trinajstić information content (AvgIpc) is 2.93. The number of aryl methyl sites for hydroxylation is 1. The fraction of sp³-hybridized carbons (Fsp3) is 0.312. The van der Waals surface area contributed by atoms with Crippen LogP contribution in [0.15, 0.2) is 34.9 Å². The number of furan rings is 1. The van der Waals surface area contributed by atoms with E-state index < -0.39 is 0 Å². The number of ether oxygens (including phenoxy) is 1. The standard InChI is InChI=1S/C16H20N2O3/c1-10(2)14-5-4-11(3)6-15(14)21-9-13-7-12(8-20-13)16(19)18-17/h4-8,10H,9,17H2,1-3H3,(H,18,19). The molecule has 3 N–H and O–H groups in total. The molecule has 112 valence electrons. The van der Waals surface area contributed by atoms with Crippen LogP contribution in [-0.4, -0.2) is 5.91 Å². The Morgan fingerprint density at radius 1 is 1.38 bits per heavy atom. The Kier molecular flexibility index (Phi) is 4.65. The lowest BCUT2D eigenvalue weighted by molar-refractivity contribution is 0.0953. The number of carbonyl (C=O) groups is 1. The summed E-state index contributed by atoms with van der Waals surface area (Å²) in [6.07, 6.45) is 1.36. The Labute approximate surface area is 124 Å². The molecule has 0 fully saturated rings. The summed E-state index contributed by atoms with van der Waals surface area (Å²) in [5.74, 6) is 6.47. The molecule has 0 aliphatic rings. The van der Waals surface area contributed by atoms with Crippen LogP contribution in [0.4, 0.5) is 0 Å². The second-order valence-corrected chi connectivity index (χ2v) is 5.26. The zero-order valence-corrected chi connectivity index (χ0v) is 12.5. The summed E-state index contributed by atoms with van der Waals surface area (Å²) in [4.78, 5) is 11.4. The molecule has 2 aromatic rings. The van der Waals surface area contributed by atoms with Gasteiger partial charge in [0.25, 0.3) is 5.91 Å². The van der Waals surface area contributed by atoms with Crippen LogP contribution in [0.2, 0.25) is 0 Å². The van der Waals surface area contributed by atoms with Gasteiger partial charge in [0, 0.05) is 0 Å². The van der Waals surface area contributed by atoms with Crippen molar-refractivity contribution in [2.45, 2.75) is 33.3 Å². The number of benzene rings is 1. The number of carbonyl (C=O) groups excluding carboxylic acids is 1. The lowest BCUT2D eigenvalue weighted by Crippen LogP contribution is -2.29. The molecule has 0 saturated carbocycles. The van der Waals surface area contributed by atoms with Crippen molar-refractivity contribution in [3.63, 3.8) is 0 Å². The minimum absolute atomic E-state index is 0.265. The maximum atomic E-state index is 11.4. The first-order valence-electron chi connectivity index (χ1n) is 6.83. The molecule has 0 saturated heterocycles. The molecule has 0 aliphatic carbocycles. The summed E-state index contributed by atoms with van der Waals surface area (Å²) in [5, 5.41) is 0. The number of rotatable bonds is 5. The maximum absolute atomic E-state index is 11.4. The van der Waals surface area contributed by atoms with E-state index in [0.29, 0.717) is 17.2 Å². The lowest BCUT2D eigenvalue weighted by atomic mass is 10.0. The quantitative estimate of drug-likeness (QED) is 0.504. The molecular weight excluding hydrogens is 268 g/mol. The highest BCUT2D eigenvalue weighted by molar-refractivity contribution is 5.93. The number of amides is 1. The number of hydrogen-bond acceptors (Lipinski definition) is 4. The van der Waals surface area contributed by atoms with Gasteiger partial charge in [-0.15, -0.1) is 0 Å². The summed E-state index contributed by atoms with van der Waals surface area (Å²) in [6.45, 7) is 6.52. The Hall–Kier alpha value is -2.27. The van der Waals surface area contributed by atoms with Gasteiger partial charge in [0.1, 0.15) is 24.4 Å². The van der Waals surface area contributed by atoms with E-state index in [0.717, 1.165) is 16.9 Å². The summed E-state index contributed by atoms with van der Waals surface area (Å²) < 4.78 is 11.1. The van der Waals surface area contributed by atoms with Crippen LogP contribution < -0.4 is 16.0 Å². The van der Waals surface area contributed by atoms with Gasteiger partial charge in [0.2, 0.25) is 0 Å². The monoisotopic (exact) mass is 288 g/mol. The van der Waals surface area contributed by atoms with Crippen LogP contribution in [0.25, 0.3) is 0 Å². The van der Waals surface area contributed by atoms with Gasteiger partial charge in [-0.3, -0.25) is 10.2 Å². The van der Waals surface area contributed by atoms with Crippen LogP contribution in [0, 0.1) is 6.92 Å². The fourth-order valence-electron chi connectivity index (χ4n) is 2.05. The van der Waals surface area contributed by atoms with E-state index in [-0.39, 0.29) is 12.5 Å². The Morgan fingerprint density at radius 3 is 2.81 bits per heavy atom. The highest BCUT2D eigenvalue weighted by Crippen LogP contribution is 2.28. The first-order chi connectivity index (χ1) is 10.0. The number of nitrogen functional groups attached to an aromatic ring is 1. The van der Waals surface area contributed by atoms with Crippen LogP contribution in [0.3, 0.4) is 0 Å². The van der Waals surface area contributed by atoms with Crippen molar-refractivity contribution in [1.29, 1.82) is 0 Å². The summed E-state index contributed by atoms with van der Waals surface area (Å²) in [7, 11) is 0. The van der Waals surface area contributed by atoms with Crippen molar-refractivity contribution in [2.24, 2.45) is 5.84 Å². The molecule has 2 rings (SSSR count). The van der Waals surface area contributed by atoms with Crippen LogP contribution in [0.1, 0.15) is 47.0 Å². The van der Waals surface area contributed by atoms with Crippen molar-refractivity contribution in [2.75, 3.05) is 0 Å². The van der Waals surface area contributed by atoms with Crippen molar-refractivity contribution in [3.8, 4) is 5.75 Å². The van der Waals surface area contributed by atoms with Crippen molar-refractivity contribution < 1.29 is 13.9 Å². The molecule has 0 bridgehead atoms. The molecule has 0 radical (unpaired) electrons. The predicted octanol–water partition coefficient (Wildman–Crippen LogP) is 2.89. The third-order valence-electron chi connectivity index (χ3n) is 3.21. The molecule has 0 unspecified atom stereocenters. The molecule has 1 aromatic carbocycles. The maximum Gasteiger partial charge on any atom is 0.268 e. The molecule has 0 atom stereocenters. The molecule has 5 nitrogen and oxygen atoms in total. The van der Waals surface area contributed by atoms with Gasteiger partial charge in [-0.05, 0) is 36.1 Å². The zero-order chi connectivity index (χ0) is 15.4. The molecular formula is C16H20N2O3. The number of hydrogen-bond donors (Lipinski definition) is 2. The number of nitrogens with one attached hydrogen (secondary N) is 1. The Bertz CT molecular complexity index is 632. The summed E-state index contributed by atoms with van der Waals surface area (Å²) in [6, 6.07) is 7.77. The SMILES string of the molecule is Cc1ccc(C(C)C)c(OCc2cc(C(=O)NN)co2)c1. The topological polar surface area (TPSA) is 77.5 Å². The van der Waals surface area contributed by atoms with Crippen molar-refractivity contribution in [3.05, 3.63) is 53.0 Å². The van der Waals surface area contributed by atoms with Gasteiger partial charge in [-0.2, -0.15) is 0 Å². The van der Waals surface area contributed by atoms with Crippen molar-refractivity contribution in [1.82, 2.24) is 5.43 Å². The minimum atomic E-state index is -0.386. The van der Waals surface area contributed by atoms with Crippen LogP contribution >= 0.6 is 0 Å². The molecule has 1 heterocycles. The van der Waals surface area contributed by atoms with E-state index >= 15 is 0 Å². The first kappa shape index (κ1) is 15.1. The van der Waals surface area contributed by atoms with Gasteiger partial charge < -0.3 is 9.15 Å². The largest absolute Gasteiger partial charge is 0.485 e. The van der Waals surface area contributed by atoms with E-state index in [9.17, 15) is 4.79 Å². The van der Waals surface area contributed by atoms with E-state index in [1.807, 2.05) is 13.0 Å². The summed E-state index contributed by atoms with van der Waals surface area (Å²) >= 11 is 0. The molecule has 0 aliphatic heterocycles. The second-order valence-electron chi connectivity index (χ2n) is 5.26. The van der Waals surface area contributed by atoms with Crippen molar-refractivity contribution >= 4 is 5.91 Å². The van der Waals surface area contributed by atoms with Gasteiger partial charge in [-0.1, -0.05) is 26.0 Å². The van der Waals surface area contributed by atoms with Gasteiger partial charge >= 0.3 is 0 Å². The second kappa shape index (κ2) is 6.45. The van der Waals surface area contributed by atoms with E-state index in [2.05, 4.69) is 31.4 Å². The van der Waals surface area contributed by atoms with Gasteiger partial charge in [-0.25, -0.2) is 5.84 Å². The normalized spacial score (nSPS) is 10.7. The highest BCUT2D eigenvalue weighted by atomic mass is 16.5. The first-order valence-corrected chi connectivity index (χ1v) is 6.83. The fourth-order valence-corrected chi connectivity index (χ4v) is 2.05. The molecule has 1 amide bonds. The molecule has 5 heteroatoms. The van der Waals surface area contributed by atoms with Crippen LogP contribution in [0.5, 0.6) is 5.75 Å². The molecule has 0 spiro atoms.